The van der Waals surface area contributed by atoms with E-state index in [2.05, 4.69) is 108 Å². The Morgan fingerprint density at radius 1 is 0.386 bits per heavy atom. The molecule has 0 bridgehead atoms. The molecule has 0 aliphatic heterocycles. The first-order chi connectivity index (χ1) is 28.2. The van der Waals surface area contributed by atoms with Crippen molar-refractivity contribution in [3.63, 3.8) is 0 Å². The van der Waals surface area contributed by atoms with E-state index in [1.807, 2.05) is 65.9 Å². The number of para-hydroxylation sites is 2. The number of benzene rings is 7. The zero-order chi connectivity index (χ0) is 37.5. The van der Waals surface area contributed by atoms with E-state index in [-0.39, 0.29) is 0 Å². The van der Waals surface area contributed by atoms with Gasteiger partial charge in [0.15, 0.2) is 17.5 Å². The zero-order valence-corrected chi connectivity index (χ0v) is 31.0. The lowest BCUT2D eigenvalue weighted by Gasteiger charge is -2.10. The molecule has 0 radical (unpaired) electrons. The Labute approximate surface area is 329 Å². The summed E-state index contributed by atoms with van der Waals surface area (Å²) in [6.45, 7) is 0. The summed E-state index contributed by atoms with van der Waals surface area (Å²) in [5, 5.41) is 6.89. The monoisotopic (exact) mass is 748 g/mol. The number of hydrogen-bond acceptors (Lipinski definition) is 7. The molecule has 12 aromatic rings. The number of thiophene rings is 1. The maximum absolute atomic E-state index is 6.69. The highest BCUT2D eigenvalue weighted by atomic mass is 32.1. The van der Waals surface area contributed by atoms with Gasteiger partial charge in [-0.05, 0) is 77.4 Å². The fraction of sp³-hybridized carbons (Fsp3) is 0. The van der Waals surface area contributed by atoms with E-state index in [1.165, 1.54) is 25.7 Å². The van der Waals surface area contributed by atoms with Crippen LogP contribution in [-0.2, 0) is 0 Å². The van der Waals surface area contributed by atoms with Crippen molar-refractivity contribution in [1.29, 1.82) is 0 Å². The molecule has 0 atom stereocenters. The lowest BCUT2D eigenvalue weighted by Crippen LogP contribution is -2.00. The SMILES string of the molecule is c1cncc(-c2nc(-c3ccc(-c4ccc(-c5ccc6sc7ccccc7c6c5)c5c4oc4ccccc45)cc3)nc(-c3ccc4c(c3)oc3ccccc34)n2)c1. The second kappa shape index (κ2) is 12.5. The predicted octanol–water partition coefficient (Wildman–Crippen LogP) is 13.8. The fourth-order valence-electron chi connectivity index (χ4n) is 8.11. The molecule has 0 amide bonds. The summed E-state index contributed by atoms with van der Waals surface area (Å²) in [6.07, 6.45) is 3.52. The fourth-order valence-corrected chi connectivity index (χ4v) is 9.20. The molecule has 0 fully saturated rings. The highest BCUT2D eigenvalue weighted by Crippen LogP contribution is 2.44. The molecule has 7 heteroatoms. The normalized spacial score (nSPS) is 11.9. The zero-order valence-electron chi connectivity index (χ0n) is 30.2. The number of fused-ring (bicyclic) bond motifs is 9. The van der Waals surface area contributed by atoms with Gasteiger partial charge in [-0.15, -0.1) is 11.3 Å². The lowest BCUT2D eigenvalue weighted by molar-refractivity contribution is 0.669. The number of aromatic nitrogens is 4. The first-order valence-corrected chi connectivity index (χ1v) is 19.6. The second-order valence-electron chi connectivity index (χ2n) is 14.2. The minimum absolute atomic E-state index is 0.546. The molecule has 266 valence electrons. The van der Waals surface area contributed by atoms with Crippen molar-refractivity contribution in [1.82, 2.24) is 19.9 Å². The van der Waals surface area contributed by atoms with Crippen LogP contribution < -0.4 is 0 Å². The maximum atomic E-state index is 6.69. The molecule has 0 saturated carbocycles. The minimum Gasteiger partial charge on any atom is -0.456 e. The van der Waals surface area contributed by atoms with Gasteiger partial charge in [-0.25, -0.2) is 15.0 Å². The van der Waals surface area contributed by atoms with Crippen LogP contribution in [0.5, 0.6) is 0 Å². The molecule has 0 saturated heterocycles. The van der Waals surface area contributed by atoms with Gasteiger partial charge in [0.1, 0.15) is 22.3 Å². The summed E-state index contributed by atoms with van der Waals surface area (Å²) in [7, 11) is 0. The number of furan rings is 2. The minimum atomic E-state index is 0.546. The standard InChI is InChI=1S/C50H28N4O2S/c1-4-12-41-36(9-1)37-21-19-32(27-43(37)55-41)49-52-48(53-50(54-49)33-8-7-25-51-28-33)30-17-15-29(16-18-30)35-23-22-34(46-39-11-2-5-13-42(39)56-47(35)46)31-20-24-45-40(26-31)38-10-3-6-14-44(38)57-45/h1-28H. The Morgan fingerprint density at radius 3 is 1.84 bits per heavy atom. The van der Waals surface area contributed by atoms with E-state index in [0.717, 1.165) is 77.3 Å². The Hall–Kier alpha value is -7.48. The van der Waals surface area contributed by atoms with Crippen molar-refractivity contribution < 1.29 is 8.83 Å². The molecule has 7 aromatic carbocycles. The molecule has 0 unspecified atom stereocenters. The van der Waals surface area contributed by atoms with E-state index < -0.39 is 0 Å². The van der Waals surface area contributed by atoms with Gasteiger partial charge >= 0.3 is 0 Å². The van der Waals surface area contributed by atoms with Gasteiger partial charge in [-0.3, -0.25) is 4.98 Å². The van der Waals surface area contributed by atoms with Gasteiger partial charge < -0.3 is 8.83 Å². The quantitative estimate of drug-likeness (QED) is 0.174. The van der Waals surface area contributed by atoms with Crippen LogP contribution in [0.3, 0.4) is 0 Å². The second-order valence-corrected chi connectivity index (χ2v) is 15.3. The van der Waals surface area contributed by atoms with Crippen LogP contribution in [0.25, 0.3) is 120 Å². The molecule has 5 aromatic heterocycles. The number of pyridine rings is 1. The third kappa shape index (κ3) is 5.17. The topological polar surface area (TPSA) is 77.8 Å². The van der Waals surface area contributed by atoms with Crippen LogP contribution in [0.4, 0.5) is 0 Å². The van der Waals surface area contributed by atoms with Crippen LogP contribution in [0.15, 0.2) is 179 Å². The van der Waals surface area contributed by atoms with E-state index in [1.54, 1.807) is 12.4 Å². The summed E-state index contributed by atoms with van der Waals surface area (Å²) >= 11 is 1.84. The Kier molecular flexibility index (Phi) is 7.00. The van der Waals surface area contributed by atoms with Crippen molar-refractivity contribution in [2.75, 3.05) is 0 Å². The maximum Gasteiger partial charge on any atom is 0.165 e. The van der Waals surface area contributed by atoms with Crippen LogP contribution >= 0.6 is 11.3 Å². The molecule has 0 aliphatic carbocycles. The molecule has 57 heavy (non-hydrogen) atoms. The van der Waals surface area contributed by atoms with Crippen molar-refractivity contribution >= 4 is 75.4 Å². The van der Waals surface area contributed by atoms with E-state index >= 15 is 0 Å². The Balaban J connectivity index is 0.973. The van der Waals surface area contributed by atoms with Crippen molar-refractivity contribution in [3.8, 4) is 56.4 Å². The molecular formula is C50H28N4O2S. The molecule has 12 rings (SSSR count). The van der Waals surface area contributed by atoms with Gasteiger partial charge in [0.25, 0.3) is 0 Å². The predicted molar refractivity (Wildman–Crippen MR) is 232 cm³/mol. The van der Waals surface area contributed by atoms with Gasteiger partial charge in [0.2, 0.25) is 0 Å². The number of nitrogens with zero attached hydrogens (tertiary/aromatic N) is 4. The van der Waals surface area contributed by atoms with Crippen molar-refractivity contribution in [2.24, 2.45) is 0 Å². The summed E-state index contributed by atoms with van der Waals surface area (Å²) in [5.41, 5.74) is 10.2. The average Bonchev–Trinajstić information content (AvgIpc) is 3.97. The smallest absolute Gasteiger partial charge is 0.165 e. The molecule has 0 N–H and O–H groups in total. The van der Waals surface area contributed by atoms with Crippen molar-refractivity contribution in [3.05, 3.63) is 170 Å². The number of rotatable bonds is 5. The highest BCUT2D eigenvalue weighted by Gasteiger charge is 2.19. The van der Waals surface area contributed by atoms with Gasteiger partial charge in [0.05, 0.1) is 0 Å². The Morgan fingerprint density at radius 2 is 1.02 bits per heavy atom. The molecule has 5 heterocycles. The Bertz CT molecular complexity index is 3530. The summed E-state index contributed by atoms with van der Waals surface area (Å²) in [5.74, 6) is 1.67. The lowest BCUT2D eigenvalue weighted by atomic mass is 9.93. The molecule has 0 aliphatic rings. The highest BCUT2D eigenvalue weighted by molar-refractivity contribution is 7.25. The molecule has 6 nitrogen and oxygen atoms in total. The summed E-state index contributed by atoms with van der Waals surface area (Å²) in [6, 6.07) is 54.6. The van der Waals surface area contributed by atoms with Crippen LogP contribution in [0.2, 0.25) is 0 Å². The number of hydrogen-bond donors (Lipinski definition) is 0. The summed E-state index contributed by atoms with van der Waals surface area (Å²) < 4.78 is 15.5. The largest absolute Gasteiger partial charge is 0.456 e. The average molecular weight is 749 g/mol. The van der Waals surface area contributed by atoms with E-state index in [4.69, 9.17) is 23.8 Å². The van der Waals surface area contributed by atoms with Gasteiger partial charge in [-0.1, -0.05) is 97.1 Å². The first kappa shape index (κ1) is 31.8. The van der Waals surface area contributed by atoms with Crippen LogP contribution in [-0.4, -0.2) is 19.9 Å². The van der Waals surface area contributed by atoms with Crippen molar-refractivity contribution in [2.45, 2.75) is 0 Å². The van der Waals surface area contributed by atoms with E-state index in [9.17, 15) is 0 Å². The first-order valence-electron chi connectivity index (χ1n) is 18.8. The molecule has 0 spiro atoms. The van der Waals surface area contributed by atoms with Gasteiger partial charge in [-0.2, -0.15) is 0 Å². The van der Waals surface area contributed by atoms with E-state index in [0.29, 0.717) is 17.5 Å². The van der Waals surface area contributed by atoms with Crippen LogP contribution in [0.1, 0.15) is 0 Å². The van der Waals surface area contributed by atoms with Crippen LogP contribution in [0, 0.1) is 0 Å². The summed E-state index contributed by atoms with van der Waals surface area (Å²) in [4.78, 5) is 19.2. The van der Waals surface area contributed by atoms with Gasteiger partial charge in [0, 0.05) is 76.4 Å². The third-order valence-electron chi connectivity index (χ3n) is 10.9. The molecular weight excluding hydrogens is 721 g/mol. The third-order valence-corrected chi connectivity index (χ3v) is 12.0.